The number of hydrogen-bond acceptors (Lipinski definition) is 3. The first-order valence-corrected chi connectivity index (χ1v) is 7.55. The summed E-state index contributed by atoms with van der Waals surface area (Å²) in [5, 5.41) is 3.42. The highest BCUT2D eigenvalue weighted by Crippen LogP contribution is 2.18. The van der Waals surface area contributed by atoms with Gasteiger partial charge in [-0.25, -0.2) is 9.18 Å². The van der Waals surface area contributed by atoms with E-state index in [9.17, 15) is 14.0 Å². The van der Waals surface area contributed by atoms with Crippen LogP contribution in [0.25, 0.3) is 11.0 Å². The van der Waals surface area contributed by atoms with Gasteiger partial charge in [0.15, 0.2) is 0 Å². The third-order valence-corrected chi connectivity index (χ3v) is 3.92. The van der Waals surface area contributed by atoms with Crippen molar-refractivity contribution >= 4 is 16.9 Å². The Morgan fingerprint density at radius 2 is 1.88 bits per heavy atom. The van der Waals surface area contributed by atoms with Gasteiger partial charge in [0.05, 0.1) is 6.04 Å². The molecule has 1 atom stereocenters. The first kappa shape index (κ1) is 15.9. The topological polar surface area (TPSA) is 59.3 Å². The molecule has 0 fully saturated rings. The molecule has 1 aromatic heterocycles. The van der Waals surface area contributed by atoms with Crippen LogP contribution in [-0.4, -0.2) is 5.91 Å². The Balaban J connectivity index is 1.90. The van der Waals surface area contributed by atoms with Gasteiger partial charge in [-0.3, -0.25) is 4.79 Å². The molecule has 0 saturated heterocycles. The van der Waals surface area contributed by atoms with Gasteiger partial charge >= 0.3 is 5.63 Å². The summed E-state index contributed by atoms with van der Waals surface area (Å²) >= 11 is 0. The zero-order valence-corrected chi connectivity index (χ0v) is 13.3. The number of halogens is 1. The molecule has 5 heteroatoms. The van der Waals surface area contributed by atoms with E-state index in [0.29, 0.717) is 11.0 Å². The highest BCUT2D eigenvalue weighted by molar-refractivity contribution is 5.97. The van der Waals surface area contributed by atoms with Crippen LogP contribution in [0.4, 0.5) is 4.39 Å². The molecule has 3 rings (SSSR count). The molecule has 1 unspecified atom stereocenters. The van der Waals surface area contributed by atoms with Gasteiger partial charge < -0.3 is 9.73 Å². The maximum Gasteiger partial charge on any atom is 0.349 e. The van der Waals surface area contributed by atoms with Crippen LogP contribution in [0.1, 0.15) is 34.5 Å². The Kier molecular flexibility index (Phi) is 4.16. The minimum Gasteiger partial charge on any atom is -0.422 e. The summed E-state index contributed by atoms with van der Waals surface area (Å²) in [6, 6.07) is 12.4. The third-order valence-electron chi connectivity index (χ3n) is 3.92. The summed E-state index contributed by atoms with van der Waals surface area (Å²) in [6.07, 6.45) is 0. The summed E-state index contributed by atoms with van der Waals surface area (Å²) < 4.78 is 18.3. The van der Waals surface area contributed by atoms with Crippen LogP contribution < -0.4 is 10.9 Å². The highest BCUT2D eigenvalue weighted by atomic mass is 19.1. The number of benzene rings is 2. The Morgan fingerprint density at radius 1 is 1.17 bits per heavy atom. The predicted octanol–water partition coefficient (Wildman–Crippen LogP) is 3.73. The second-order valence-corrected chi connectivity index (χ2v) is 5.69. The van der Waals surface area contributed by atoms with Gasteiger partial charge in [-0.1, -0.05) is 30.3 Å². The molecule has 3 aromatic rings. The van der Waals surface area contributed by atoms with Crippen LogP contribution in [-0.2, 0) is 0 Å². The minimum atomic E-state index is -0.680. The predicted molar refractivity (Wildman–Crippen MR) is 89.5 cm³/mol. The van der Waals surface area contributed by atoms with Crippen molar-refractivity contribution in [1.82, 2.24) is 5.32 Å². The lowest BCUT2D eigenvalue weighted by molar-refractivity contribution is 0.0936. The maximum atomic E-state index is 13.0. The normalized spacial score (nSPS) is 12.1. The van der Waals surface area contributed by atoms with Crippen LogP contribution >= 0.6 is 0 Å². The van der Waals surface area contributed by atoms with Crippen molar-refractivity contribution in [2.45, 2.75) is 19.9 Å². The highest BCUT2D eigenvalue weighted by Gasteiger charge is 2.17. The number of para-hydroxylation sites is 1. The van der Waals surface area contributed by atoms with E-state index in [1.807, 2.05) is 19.1 Å². The number of amides is 1. The Bertz CT molecular complexity index is 961. The summed E-state index contributed by atoms with van der Waals surface area (Å²) in [6.45, 7) is 3.60. The van der Waals surface area contributed by atoms with E-state index in [2.05, 4.69) is 5.32 Å². The molecule has 0 aliphatic carbocycles. The van der Waals surface area contributed by atoms with Gasteiger partial charge in [-0.15, -0.1) is 0 Å². The van der Waals surface area contributed by atoms with E-state index < -0.39 is 11.5 Å². The lowest BCUT2D eigenvalue weighted by Gasteiger charge is -2.14. The molecule has 0 aliphatic rings. The van der Waals surface area contributed by atoms with Crippen LogP contribution in [0, 0.1) is 12.7 Å². The van der Waals surface area contributed by atoms with E-state index in [-0.39, 0.29) is 17.4 Å². The molecular formula is C19H16FNO3. The van der Waals surface area contributed by atoms with Crippen LogP contribution in [0.5, 0.6) is 0 Å². The van der Waals surface area contributed by atoms with Gasteiger partial charge in [-0.05, 0) is 43.2 Å². The van der Waals surface area contributed by atoms with Crippen molar-refractivity contribution in [1.29, 1.82) is 0 Å². The third kappa shape index (κ3) is 3.06. The lowest BCUT2D eigenvalue weighted by atomic mass is 10.1. The molecule has 4 nitrogen and oxygen atoms in total. The Hall–Kier alpha value is -2.95. The molecular weight excluding hydrogens is 309 g/mol. The van der Waals surface area contributed by atoms with Crippen molar-refractivity contribution in [3.05, 3.63) is 81.5 Å². The quantitative estimate of drug-likeness (QED) is 0.746. The Labute approximate surface area is 137 Å². The van der Waals surface area contributed by atoms with Crippen LogP contribution in [0.15, 0.2) is 57.7 Å². The average molecular weight is 325 g/mol. The molecule has 0 aliphatic heterocycles. The standard InChI is InChI=1S/C19H16FNO3/c1-11-4-3-5-14-10-16(19(23)24-17(11)14)18(22)21-12(2)13-6-8-15(20)9-7-13/h3-10,12H,1-2H3,(H,21,22). The molecule has 1 amide bonds. The van der Waals surface area contributed by atoms with Gasteiger partial charge in [0, 0.05) is 5.39 Å². The smallest absolute Gasteiger partial charge is 0.349 e. The average Bonchev–Trinajstić information content (AvgIpc) is 2.55. The van der Waals surface area contributed by atoms with E-state index in [0.717, 1.165) is 11.1 Å². The zero-order chi connectivity index (χ0) is 17.3. The number of rotatable bonds is 3. The van der Waals surface area contributed by atoms with Gasteiger partial charge in [0.1, 0.15) is 17.0 Å². The van der Waals surface area contributed by atoms with E-state index in [1.165, 1.54) is 18.2 Å². The van der Waals surface area contributed by atoms with Crippen molar-refractivity contribution in [2.24, 2.45) is 0 Å². The summed E-state index contributed by atoms with van der Waals surface area (Å²) in [5.41, 5.74) is 1.32. The van der Waals surface area contributed by atoms with E-state index >= 15 is 0 Å². The number of carbonyl (C=O) groups is 1. The fraction of sp³-hybridized carbons (Fsp3) is 0.158. The second kappa shape index (κ2) is 6.28. The number of aryl methyl sites for hydroxylation is 1. The summed E-state index contributed by atoms with van der Waals surface area (Å²) in [5.74, 6) is -0.869. The first-order valence-electron chi connectivity index (χ1n) is 7.55. The fourth-order valence-electron chi connectivity index (χ4n) is 2.56. The lowest BCUT2D eigenvalue weighted by Crippen LogP contribution is -2.30. The monoisotopic (exact) mass is 325 g/mol. The van der Waals surface area contributed by atoms with E-state index in [4.69, 9.17) is 4.42 Å². The first-order chi connectivity index (χ1) is 11.5. The SMILES string of the molecule is Cc1cccc2cc(C(=O)NC(C)c3ccc(F)cc3)c(=O)oc12. The fourth-order valence-corrected chi connectivity index (χ4v) is 2.56. The van der Waals surface area contributed by atoms with Crippen molar-refractivity contribution in [2.75, 3.05) is 0 Å². The molecule has 0 bridgehead atoms. The van der Waals surface area contributed by atoms with Crippen LogP contribution in [0.3, 0.4) is 0 Å². The van der Waals surface area contributed by atoms with Gasteiger partial charge in [-0.2, -0.15) is 0 Å². The molecule has 0 saturated carbocycles. The summed E-state index contributed by atoms with van der Waals surface area (Å²) in [4.78, 5) is 24.5. The van der Waals surface area contributed by atoms with Crippen molar-refractivity contribution < 1.29 is 13.6 Å². The molecule has 1 heterocycles. The molecule has 0 spiro atoms. The van der Waals surface area contributed by atoms with Gasteiger partial charge in [0.2, 0.25) is 0 Å². The zero-order valence-electron chi connectivity index (χ0n) is 13.3. The molecule has 1 N–H and O–H groups in total. The minimum absolute atomic E-state index is 0.0536. The summed E-state index contributed by atoms with van der Waals surface area (Å²) in [7, 11) is 0. The van der Waals surface area contributed by atoms with Crippen molar-refractivity contribution in [3.63, 3.8) is 0 Å². The number of carbonyl (C=O) groups excluding carboxylic acids is 1. The molecule has 0 radical (unpaired) electrons. The van der Waals surface area contributed by atoms with Crippen LogP contribution in [0.2, 0.25) is 0 Å². The largest absolute Gasteiger partial charge is 0.422 e. The van der Waals surface area contributed by atoms with Gasteiger partial charge in [0.25, 0.3) is 5.91 Å². The molecule has 2 aromatic carbocycles. The van der Waals surface area contributed by atoms with E-state index in [1.54, 1.807) is 25.1 Å². The number of fused-ring (bicyclic) bond motifs is 1. The Morgan fingerprint density at radius 3 is 2.58 bits per heavy atom. The molecule has 24 heavy (non-hydrogen) atoms. The maximum absolute atomic E-state index is 13.0. The molecule has 122 valence electrons. The number of nitrogens with one attached hydrogen (secondary N) is 1. The number of hydrogen-bond donors (Lipinski definition) is 1. The second-order valence-electron chi connectivity index (χ2n) is 5.69. The van der Waals surface area contributed by atoms with Crippen molar-refractivity contribution in [3.8, 4) is 0 Å².